The summed E-state index contributed by atoms with van der Waals surface area (Å²) in [5.41, 5.74) is -0.218. The summed E-state index contributed by atoms with van der Waals surface area (Å²) in [6.07, 6.45) is -3.20. The number of halogens is 3. The van der Waals surface area contributed by atoms with Crippen LogP contribution in [-0.4, -0.2) is 34.2 Å². The molecule has 0 spiro atoms. The lowest BCUT2D eigenvalue weighted by molar-refractivity contribution is -0.137. The summed E-state index contributed by atoms with van der Waals surface area (Å²) in [6.45, 7) is 0.0413. The number of nitrogens with one attached hydrogen (secondary N) is 1. The van der Waals surface area contributed by atoms with Crippen molar-refractivity contribution in [2.45, 2.75) is 19.0 Å². The fourth-order valence-corrected chi connectivity index (χ4v) is 3.62. The van der Waals surface area contributed by atoms with Crippen molar-refractivity contribution in [3.8, 4) is 5.75 Å². The number of ether oxygens (including phenoxy) is 1. The van der Waals surface area contributed by atoms with Crippen LogP contribution in [0.2, 0.25) is 0 Å². The molecule has 0 saturated heterocycles. The molecule has 1 N–H and O–H groups in total. The third-order valence-electron chi connectivity index (χ3n) is 4.02. The lowest BCUT2D eigenvalue weighted by Crippen LogP contribution is -2.31. The zero-order valence-corrected chi connectivity index (χ0v) is 16.7. The Hall–Kier alpha value is -2.75. The highest BCUT2D eigenvalue weighted by molar-refractivity contribution is 7.92. The highest BCUT2D eigenvalue weighted by Gasteiger charge is 2.30. The van der Waals surface area contributed by atoms with Gasteiger partial charge in [0.1, 0.15) is 5.75 Å². The average molecular weight is 430 g/mol. The lowest BCUT2D eigenvalue weighted by atomic mass is 10.2. The monoisotopic (exact) mass is 430 g/mol. The predicted molar refractivity (Wildman–Crippen MR) is 104 cm³/mol. The minimum absolute atomic E-state index is 0.0117. The number of carbonyl (C=O) groups is 1. The lowest BCUT2D eigenvalue weighted by Gasteiger charge is -2.24. The fraction of sp³-hybridized carbons (Fsp3) is 0.316. The minimum Gasteiger partial charge on any atom is -0.495 e. The largest absolute Gasteiger partial charge is 0.495 e. The summed E-state index contributed by atoms with van der Waals surface area (Å²) in [5, 5.41) is 2.50. The number of para-hydroxylation sites is 2. The summed E-state index contributed by atoms with van der Waals surface area (Å²) in [5.74, 6) is -0.0506. The molecule has 2 aromatic carbocycles. The molecule has 0 fully saturated rings. The molecule has 0 heterocycles. The molecular formula is C19H21F3N2O4S. The number of hydrogen-bond acceptors (Lipinski definition) is 4. The fourth-order valence-electron chi connectivity index (χ4n) is 2.65. The van der Waals surface area contributed by atoms with Gasteiger partial charge in [0.05, 0.1) is 24.6 Å². The van der Waals surface area contributed by atoms with Crippen molar-refractivity contribution in [3.63, 3.8) is 0 Å². The summed E-state index contributed by atoms with van der Waals surface area (Å²) in [4.78, 5) is 12.1. The number of hydrogen-bond donors (Lipinski definition) is 1. The SMILES string of the molecule is COc1ccccc1N(CCCC(=O)Nc1ccc(C(F)(F)F)cc1)S(C)(=O)=O. The van der Waals surface area contributed by atoms with Crippen LogP contribution in [0.15, 0.2) is 48.5 Å². The summed E-state index contributed by atoms with van der Waals surface area (Å²) >= 11 is 0. The van der Waals surface area contributed by atoms with Crippen LogP contribution in [0, 0.1) is 0 Å². The van der Waals surface area contributed by atoms with Gasteiger partial charge in [-0.05, 0) is 42.8 Å². The van der Waals surface area contributed by atoms with Crippen molar-refractivity contribution in [2.75, 3.05) is 29.5 Å². The van der Waals surface area contributed by atoms with Gasteiger partial charge >= 0.3 is 6.18 Å². The molecule has 0 aromatic heterocycles. The maximum Gasteiger partial charge on any atom is 0.416 e. The second kappa shape index (κ2) is 9.17. The van der Waals surface area contributed by atoms with E-state index < -0.39 is 27.7 Å². The van der Waals surface area contributed by atoms with Gasteiger partial charge in [0.25, 0.3) is 0 Å². The van der Waals surface area contributed by atoms with Crippen LogP contribution in [-0.2, 0) is 21.0 Å². The number of carbonyl (C=O) groups excluding carboxylic acids is 1. The van der Waals surface area contributed by atoms with E-state index in [9.17, 15) is 26.4 Å². The standard InChI is InChI=1S/C19H21F3N2O4S/c1-28-17-7-4-3-6-16(17)24(29(2,26)27)13-5-8-18(25)23-15-11-9-14(10-12-15)19(20,21)22/h3-4,6-7,9-12H,5,8,13H2,1-2H3,(H,23,25). The van der Waals surface area contributed by atoms with Gasteiger partial charge in [-0.15, -0.1) is 0 Å². The van der Waals surface area contributed by atoms with Crippen LogP contribution in [0.4, 0.5) is 24.5 Å². The van der Waals surface area contributed by atoms with E-state index in [0.717, 1.165) is 22.7 Å². The zero-order valence-electron chi connectivity index (χ0n) is 15.9. The van der Waals surface area contributed by atoms with Gasteiger partial charge in [-0.2, -0.15) is 13.2 Å². The molecule has 0 radical (unpaired) electrons. The second-order valence-corrected chi connectivity index (χ2v) is 8.14. The first kappa shape index (κ1) is 22.5. The number of anilines is 2. The van der Waals surface area contributed by atoms with Crippen LogP contribution in [0.5, 0.6) is 5.75 Å². The topological polar surface area (TPSA) is 75.7 Å². The highest BCUT2D eigenvalue weighted by atomic mass is 32.2. The van der Waals surface area contributed by atoms with E-state index in [1.54, 1.807) is 24.3 Å². The number of alkyl halides is 3. The Balaban J connectivity index is 1.98. The van der Waals surface area contributed by atoms with Gasteiger partial charge in [0, 0.05) is 18.7 Å². The van der Waals surface area contributed by atoms with Crippen LogP contribution in [0.3, 0.4) is 0 Å². The molecule has 0 unspecified atom stereocenters. The first-order valence-electron chi connectivity index (χ1n) is 8.60. The van der Waals surface area contributed by atoms with E-state index in [0.29, 0.717) is 11.4 Å². The number of methoxy groups -OCH3 is 1. The molecule has 0 saturated carbocycles. The van der Waals surface area contributed by atoms with Gasteiger partial charge in [0.2, 0.25) is 15.9 Å². The summed E-state index contributed by atoms with van der Waals surface area (Å²) < 4.78 is 68.4. The van der Waals surface area contributed by atoms with E-state index >= 15 is 0 Å². The quantitative estimate of drug-likeness (QED) is 0.689. The number of nitrogens with zero attached hydrogens (tertiary/aromatic N) is 1. The molecule has 0 atom stereocenters. The predicted octanol–water partition coefficient (Wildman–Crippen LogP) is 3.90. The molecule has 0 aliphatic heterocycles. The van der Waals surface area contributed by atoms with Gasteiger partial charge in [0.15, 0.2) is 0 Å². The molecule has 158 valence electrons. The molecule has 0 aliphatic rings. The first-order valence-corrected chi connectivity index (χ1v) is 10.4. The smallest absolute Gasteiger partial charge is 0.416 e. The highest BCUT2D eigenvalue weighted by Crippen LogP contribution is 2.31. The Kier molecular flexibility index (Phi) is 7.12. The van der Waals surface area contributed by atoms with Crippen molar-refractivity contribution < 1.29 is 31.1 Å². The van der Waals surface area contributed by atoms with Gasteiger partial charge in [-0.1, -0.05) is 12.1 Å². The van der Waals surface area contributed by atoms with E-state index in [4.69, 9.17) is 4.74 Å². The Bertz CT molecular complexity index is 945. The molecule has 2 aromatic rings. The molecule has 10 heteroatoms. The van der Waals surface area contributed by atoms with Crippen LogP contribution in [0.1, 0.15) is 18.4 Å². The third kappa shape index (κ3) is 6.38. The van der Waals surface area contributed by atoms with Crippen molar-refractivity contribution in [3.05, 3.63) is 54.1 Å². The van der Waals surface area contributed by atoms with E-state index in [2.05, 4.69) is 5.32 Å². The third-order valence-corrected chi connectivity index (χ3v) is 5.20. The van der Waals surface area contributed by atoms with Crippen molar-refractivity contribution >= 4 is 27.3 Å². The van der Waals surface area contributed by atoms with E-state index in [1.807, 2.05) is 0 Å². The normalized spacial score (nSPS) is 11.8. The average Bonchev–Trinajstić information content (AvgIpc) is 2.64. The molecule has 6 nitrogen and oxygen atoms in total. The molecule has 0 bridgehead atoms. The summed E-state index contributed by atoms with van der Waals surface area (Å²) in [7, 11) is -2.18. The number of benzene rings is 2. The number of sulfonamides is 1. The molecule has 2 rings (SSSR count). The van der Waals surface area contributed by atoms with Crippen molar-refractivity contribution in [1.82, 2.24) is 0 Å². The maximum atomic E-state index is 12.6. The Morgan fingerprint density at radius 3 is 2.28 bits per heavy atom. The van der Waals surface area contributed by atoms with Crippen LogP contribution in [0.25, 0.3) is 0 Å². The second-order valence-electron chi connectivity index (χ2n) is 6.23. The Morgan fingerprint density at radius 1 is 1.10 bits per heavy atom. The molecule has 0 aliphatic carbocycles. The molecule has 29 heavy (non-hydrogen) atoms. The molecule has 1 amide bonds. The van der Waals surface area contributed by atoms with E-state index in [1.165, 1.54) is 19.2 Å². The summed E-state index contributed by atoms with van der Waals surface area (Å²) in [6, 6.07) is 10.7. The van der Waals surface area contributed by atoms with Crippen LogP contribution < -0.4 is 14.4 Å². The van der Waals surface area contributed by atoms with Gasteiger partial charge in [-0.25, -0.2) is 8.42 Å². The number of amides is 1. The van der Waals surface area contributed by atoms with Gasteiger partial charge < -0.3 is 10.1 Å². The van der Waals surface area contributed by atoms with Crippen LogP contribution >= 0.6 is 0 Å². The maximum absolute atomic E-state index is 12.6. The Morgan fingerprint density at radius 2 is 1.72 bits per heavy atom. The zero-order chi connectivity index (χ0) is 21.7. The van der Waals surface area contributed by atoms with E-state index in [-0.39, 0.29) is 25.1 Å². The van der Waals surface area contributed by atoms with Crippen molar-refractivity contribution in [2.24, 2.45) is 0 Å². The Labute approximate surface area is 167 Å². The number of rotatable bonds is 8. The first-order chi connectivity index (χ1) is 13.5. The van der Waals surface area contributed by atoms with Gasteiger partial charge in [-0.3, -0.25) is 9.10 Å². The van der Waals surface area contributed by atoms with Crippen molar-refractivity contribution in [1.29, 1.82) is 0 Å². The molecular weight excluding hydrogens is 409 g/mol. The minimum atomic E-state index is -4.45.